The fourth-order valence-corrected chi connectivity index (χ4v) is 4.72. The molecule has 154 valence electrons. The van der Waals surface area contributed by atoms with Crippen LogP contribution in [0.25, 0.3) is 10.4 Å². The molecule has 0 saturated carbocycles. The summed E-state index contributed by atoms with van der Waals surface area (Å²) in [5, 5.41) is 0.339. The van der Waals surface area contributed by atoms with Gasteiger partial charge in [0.25, 0.3) is 10.0 Å². The van der Waals surface area contributed by atoms with E-state index in [4.69, 9.17) is 0 Å². The number of halogens is 3. The van der Waals surface area contributed by atoms with Crippen LogP contribution < -0.4 is 9.44 Å². The Kier molecular flexibility index (Phi) is 6.36. The molecule has 3 rings (SSSR count). The van der Waals surface area contributed by atoms with Crippen molar-refractivity contribution in [1.82, 2.24) is 9.71 Å². The summed E-state index contributed by atoms with van der Waals surface area (Å²) in [6, 6.07) is 14.4. The van der Waals surface area contributed by atoms with Crippen LogP contribution in [-0.4, -0.2) is 23.1 Å². The maximum Gasteiger partial charge on any atom is 0.485 e. The van der Waals surface area contributed by atoms with Crippen LogP contribution in [0.3, 0.4) is 0 Å². The number of alkyl halides is 3. The number of thiazole rings is 1. The lowest BCUT2D eigenvalue weighted by Crippen LogP contribution is -2.29. The second kappa shape index (κ2) is 8.61. The fraction of sp³-hybridized carbons (Fsp3) is 0.118. The molecule has 1 aromatic heterocycles. The zero-order valence-corrected chi connectivity index (χ0v) is 17.0. The van der Waals surface area contributed by atoms with Crippen LogP contribution in [0.2, 0.25) is 0 Å². The molecular formula is C17H14F3N3O3S3. The van der Waals surface area contributed by atoms with Crippen LogP contribution in [0, 0.1) is 0 Å². The highest BCUT2D eigenvalue weighted by molar-refractivity contribution is 7.92. The first-order valence-corrected chi connectivity index (χ1v) is 11.5. The second-order valence-corrected chi connectivity index (χ2v) is 9.74. The molecular weight excluding hydrogens is 447 g/mol. The summed E-state index contributed by atoms with van der Waals surface area (Å²) >= 11 is 1.14. The summed E-state index contributed by atoms with van der Waals surface area (Å²) in [6.45, 7) is -0.286. The van der Waals surface area contributed by atoms with Gasteiger partial charge in [0, 0.05) is 11.9 Å². The number of benzene rings is 2. The molecule has 1 unspecified atom stereocenters. The Hall–Kier alpha value is -2.28. The molecule has 3 aromatic rings. The Morgan fingerprint density at radius 2 is 1.69 bits per heavy atom. The van der Waals surface area contributed by atoms with E-state index in [9.17, 15) is 25.8 Å². The van der Waals surface area contributed by atoms with Crippen LogP contribution in [-0.2, 0) is 27.6 Å². The molecule has 0 fully saturated rings. The summed E-state index contributed by atoms with van der Waals surface area (Å²) in [6.07, 6.45) is 1.49. The molecule has 0 aliphatic carbocycles. The number of rotatable bonds is 7. The standard InChI is InChI=1S/C17H14F3N3O3S3/c18-17(19,20)28(24)22-11-16-21-10-15(27-16)12-6-8-13(9-7-12)23-29(25,26)14-4-2-1-3-5-14/h1-10,22-23H,11H2. The van der Waals surface area contributed by atoms with Crippen LogP contribution in [0.15, 0.2) is 65.7 Å². The monoisotopic (exact) mass is 461 g/mol. The second-order valence-electron chi connectivity index (χ2n) is 5.65. The molecule has 1 heterocycles. The van der Waals surface area contributed by atoms with Gasteiger partial charge in [-0.1, -0.05) is 30.3 Å². The molecule has 0 spiro atoms. The quantitative estimate of drug-likeness (QED) is 0.559. The van der Waals surface area contributed by atoms with Gasteiger partial charge in [-0.25, -0.2) is 22.3 Å². The van der Waals surface area contributed by atoms with E-state index >= 15 is 0 Å². The van der Waals surface area contributed by atoms with Gasteiger partial charge < -0.3 is 0 Å². The molecule has 0 aliphatic rings. The van der Waals surface area contributed by atoms with Crippen molar-refractivity contribution in [2.75, 3.05) is 4.72 Å². The van der Waals surface area contributed by atoms with Crippen LogP contribution in [0.5, 0.6) is 0 Å². The van der Waals surface area contributed by atoms with Gasteiger partial charge in [0.05, 0.1) is 16.3 Å². The van der Waals surface area contributed by atoms with Gasteiger partial charge in [0.1, 0.15) is 5.01 Å². The van der Waals surface area contributed by atoms with E-state index in [-0.39, 0.29) is 11.4 Å². The maximum absolute atomic E-state index is 12.3. The van der Waals surface area contributed by atoms with Crippen molar-refractivity contribution in [3.8, 4) is 10.4 Å². The van der Waals surface area contributed by atoms with Gasteiger partial charge in [-0.3, -0.25) is 4.72 Å². The molecule has 1 atom stereocenters. The third-order valence-electron chi connectivity index (χ3n) is 3.59. The van der Waals surface area contributed by atoms with E-state index in [1.165, 1.54) is 18.3 Å². The average Bonchev–Trinajstić information content (AvgIpc) is 3.15. The third-order valence-corrected chi connectivity index (χ3v) is 6.86. The molecule has 29 heavy (non-hydrogen) atoms. The lowest BCUT2D eigenvalue weighted by molar-refractivity contribution is -0.0394. The first-order chi connectivity index (χ1) is 13.6. The summed E-state index contributed by atoms with van der Waals surface area (Å²) in [5.41, 5.74) is -3.75. The number of aromatic nitrogens is 1. The summed E-state index contributed by atoms with van der Waals surface area (Å²) in [7, 11) is -6.85. The van der Waals surface area contributed by atoms with Crippen LogP contribution in [0.4, 0.5) is 18.9 Å². The Morgan fingerprint density at radius 3 is 2.31 bits per heavy atom. The largest absolute Gasteiger partial charge is 0.485 e. The highest BCUT2D eigenvalue weighted by atomic mass is 32.2. The molecule has 0 bridgehead atoms. The predicted octanol–water partition coefficient (Wildman–Crippen LogP) is 3.88. The summed E-state index contributed by atoms with van der Waals surface area (Å²) in [5.74, 6) is 0. The van der Waals surface area contributed by atoms with E-state index in [0.29, 0.717) is 21.1 Å². The fourth-order valence-electron chi connectivity index (χ4n) is 2.25. The number of sulfonamides is 1. The highest BCUT2D eigenvalue weighted by Gasteiger charge is 2.36. The molecule has 12 heteroatoms. The van der Waals surface area contributed by atoms with Crippen molar-refractivity contribution in [2.45, 2.75) is 16.9 Å². The minimum Gasteiger partial charge on any atom is -0.280 e. The molecule has 0 amide bonds. The molecule has 2 N–H and O–H groups in total. The van der Waals surface area contributed by atoms with Crippen LogP contribution in [0.1, 0.15) is 5.01 Å². The van der Waals surface area contributed by atoms with E-state index in [1.807, 2.05) is 4.72 Å². The van der Waals surface area contributed by atoms with Crippen molar-refractivity contribution in [3.63, 3.8) is 0 Å². The van der Waals surface area contributed by atoms with Crippen molar-refractivity contribution < 1.29 is 25.8 Å². The maximum atomic E-state index is 12.3. The predicted molar refractivity (Wildman–Crippen MR) is 106 cm³/mol. The SMILES string of the molecule is O=S(NCc1ncc(-c2ccc(NS(=O)(=O)c3ccccc3)cc2)s1)C(F)(F)F. The topological polar surface area (TPSA) is 88.2 Å². The van der Waals surface area contributed by atoms with Crippen molar-refractivity contribution >= 4 is 38.0 Å². The first kappa shape index (κ1) is 21.4. The zero-order chi connectivity index (χ0) is 21.1. The normalized spacial score (nSPS) is 13.2. The molecule has 0 saturated heterocycles. The number of nitrogens with one attached hydrogen (secondary N) is 2. The highest BCUT2D eigenvalue weighted by Crippen LogP contribution is 2.28. The van der Waals surface area contributed by atoms with Gasteiger partial charge >= 0.3 is 5.51 Å². The van der Waals surface area contributed by atoms with Crippen LogP contribution >= 0.6 is 11.3 Å². The molecule has 0 radical (unpaired) electrons. The molecule has 2 aromatic carbocycles. The minimum atomic E-state index is -4.83. The number of nitrogens with zero attached hydrogens (tertiary/aromatic N) is 1. The smallest absolute Gasteiger partial charge is 0.280 e. The number of hydrogen-bond acceptors (Lipinski definition) is 5. The van der Waals surface area contributed by atoms with E-state index in [1.54, 1.807) is 42.5 Å². The van der Waals surface area contributed by atoms with Crippen molar-refractivity contribution in [3.05, 3.63) is 65.8 Å². The van der Waals surface area contributed by atoms with Gasteiger partial charge in [-0.15, -0.1) is 11.3 Å². The average molecular weight is 462 g/mol. The number of hydrogen-bond donors (Lipinski definition) is 2. The van der Waals surface area contributed by atoms with Crippen molar-refractivity contribution in [1.29, 1.82) is 0 Å². The van der Waals surface area contributed by atoms with Crippen molar-refractivity contribution in [2.24, 2.45) is 0 Å². The Balaban J connectivity index is 1.67. The molecule has 0 aliphatic heterocycles. The van der Waals surface area contributed by atoms with Gasteiger partial charge in [0.2, 0.25) is 0 Å². The zero-order valence-electron chi connectivity index (χ0n) is 14.5. The van der Waals surface area contributed by atoms with E-state index < -0.39 is 26.5 Å². The van der Waals surface area contributed by atoms with E-state index in [0.717, 1.165) is 11.3 Å². The first-order valence-electron chi connectivity index (χ1n) is 8.00. The van der Waals surface area contributed by atoms with Gasteiger partial charge in [-0.2, -0.15) is 13.2 Å². The Bertz CT molecular complexity index is 1100. The summed E-state index contributed by atoms with van der Waals surface area (Å²) < 4.78 is 76.7. The lowest BCUT2D eigenvalue weighted by Gasteiger charge is -2.08. The van der Waals surface area contributed by atoms with Gasteiger partial charge in [-0.05, 0) is 29.8 Å². The number of anilines is 1. The Morgan fingerprint density at radius 1 is 1.03 bits per heavy atom. The molecule has 6 nitrogen and oxygen atoms in total. The van der Waals surface area contributed by atoms with E-state index in [2.05, 4.69) is 9.71 Å². The lowest BCUT2D eigenvalue weighted by atomic mass is 10.2. The summed E-state index contributed by atoms with van der Waals surface area (Å²) in [4.78, 5) is 4.83. The third kappa shape index (κ3) is 5.63. The minimum absolute atomic E-state index is 0.139. The van der Waals surface area contributed by atoms with Gasteiger partial charge in [0.15, 0.2) is 11.0 Å². The Labute approximate surface area is 171 Å².